The van der Waals surface area contributed by atoms with Crippen molar-refractivity contribution in [2.24, 2.45) is 0 Å². The van der Waals surface area contributed by atoms with E-state index in [2.05, 4.69) is 26.3 Å². The first kappa shape index (κ1) is 16.0. The number of likely N-dealkylation sites (N-methyl/N-ethyl adjacent to an activating group) is 1. The third-order valence-electron chi connectivity index (χ3n) is 5.34. The molecule has 3 aromatic rings. The maximum absolute atomic E-state index is 11.9. The van der Waals surface area contributed by atoms with Gasteiger partial charge in [0.25, 0.3) is 0 Å². The van der Waals surface area contributed by atoms with Crippen LogP contribution in [0.3, 0.4) is 0 Å². The molecule has 1 unspecified atom stereocenters. The van der Waals surface area contributed by atoms with Gasteiger partial charge < -0.3 is 14.5 Å². The molecule has 2 saturated heterocycles. The molecule has 8 nitrogen and oxygen atoms in total. The molecule has 0 saturated carbocycles. The second-order valence-corrected chi connectivity index (χ2v) is 7.31. The van der Waals surface area contributed by atoms with Crippen molar-refractivity contribution in [2.45, 2.75) is 18.4 Å². The van der Waals surface area contributed by atoms with E-state index in [0.29, 0.717) is 18.7 Å². The Labute approximate surface area is 156 Å². The number of nitrogens with zero attached hydrogens (tertiary/aromatic N) is 6. The van der Waals surface area contributed by atoms with Crippen molar-refractivity contribution in [2.75, 3.05) is 31.6 Å². The van der Waals surface area contributed by atoms with Gasteiger partial charge in [0.2, 0.25) is 5.65 Å². The lowest BCUT2D eigenvalue weighted by Crippen LogP contribution is -2.50. The van der Waals surface area contributed by atoms with Gasteiger partial charge in [-0.1, -0.05) is 30.3 Å². The van der Waals surface area contributed by atoms with Crippen molar-refractivity contribution in [1.82, 2.24) is 24.7 Å². The van der Waals surface area contributed by atoms with Gasteiger partial charge in [0.1, 0.15) is 11.9 Å². The summed E-state index contributed by atoms with van der Waals surface area (Å²) in [5, 5.41) is 12.9. The zero-order valence-corrected chi connectivity index (χ0v) is 15.1. The van der Waals surface area contributed by atoms with Crippen LogP contribution in [0, 0.1) is 0 Å². The van der Waals surface area contributed by atoms with E-state index in [1.807, 2.05) is 30.3 Å². The van der Waals surface area contributed by atoms with Crippen LogP contribution in [0.1, 0.15) is 12.8 Å². The summed E-state index contributed by atoms with van der Waals surface area (Å²) >= 11 is 0. The van der Waals surface area contributed by atoms with E-state index in [-0.39, 0.29) is 6.09 Å². The van der Waals surface area contributed by atoms with Gasteiger partial charge in [0.15, 0.2) is 0 Å². The molecule has 1 aromatic carbocycles. The van der Waals surface area contributed by atoms with Crippen LogP contribution in [0.5, 0.6) is 0 Å². The number of carbonyl (C=O) groups excluding carboxylic acids is 1. The first-order valence-electron chi connectivity index (χ1n) is 9.09. The molecule has 4 heterocycles. The summed E-state index contributed by atoms with van der Waals surface area (Å²) in [6, 6.07) is 12.1. The van der Waals surface area contributed by atoms with Gasteiger partial charge in [0, 0.05) is 19.2 Å². The Bertz CT molecular complexity index is 1000. The zero-order valence-electron chi connectivity index (χ0n) is 15.1. The first-order chi connectivity index (χ1) is 13.1. The Morgan fingerprint density at radius 1 is 1.19 bits per heavy atom. The van der Waals surface area contributed by atoms with Gasteiger partial charge in [-0.3, -0.25) is 0 Å². The van der Waals surface area contributed by atoms with Crippen LogP contribution in [-0.4, -0.2) is 63.1 Å². The largest absolute Gasteiger partial charge is 0.439 e. The normalized spacial score (nSPS) is 22.6. The first-order valence-corrected chi connectivity index (χ1v) is 9.09. The molecule has 1 atom stereocenters. The maximum atomic E-state index is 11.9. The van der Waals surface area contributed by atoms with Gasteiger partial charge in [-0.05, 0) is 18.9 Å². The highest BCUT2D eigenvalue weighted by Crippen LogP contribution is 2.35. The standard InChI is InChI=1S/C19H20N6O2/c1-23-11-19(27-18(23)26)8-5-9-24(12-19)16-10-15(14-6-3-2-4-7-14)22-25-13-20-21-17(16)25/h2-4,6-7,10,13H,5,8-9,11-12H2,1H3. The fraction of sp³-hybridized carbons (Fsp3) is 0.368. The Morgan fingerprint density at radius 3 is 2.81 bits per heavy atom. The number of piperidine rings is 1. The SMILES string of the molecule is CN1CC2(CCCN(c3cc(-c4ccccc4)nn4cnnc34)C2)OC1=O. The number of amides is 1. The summed E-state index contributed by atoms with van der Waals surface area (Å²) in [6.07, 6.45) is 3.20. The Morgan fingerprint density at radius 2 is 2.04 bits per heavy atom. The molecular formula is C19H20N6O2. The number of anilines is 1. The molecule has 2 fully saturated rings. The van der Waals surface area contributed by atoms with Crippen LogP contribution in [0.4, 0.5) is 10.5 Å². The van der Waals surface area contributed by atoms with Crippen LogP contribution in [0.15, 0.2) is 42.7 Å². The fourth-order valence-corrected chi connectivity index (χ4v) is 4.10. The lowest BCUT2D eigenvalue weighted by molar-refractivity contribution is 0.0447. The van der Waals surface area contributed by atoms with E-state index in [9.17, 15) is 4.79 Å². The lowest BCUT2D eigenvalue weighted by Gasteiger charge is -2.39. The highest BCUT2D eigenvalue weighted by molar-refractivity contribution is 5.75. The molecule has 0 N–H and O–H groups in total. The van der Waals surface area contributed by atoms with Crippen LogP contribution >= 0.6 is 0 Å². The molecule has 0 radical (unpaired) electrons. The zero-order chi connectivity index (χ0) is 18.4. The van der Waals surface area contributed by atoms with Crippen molar-refractivity contribution in [1.29, 1.82) is 0 Å². The van der Waals surface area contributed by atoms with Gasteiger partial charge in [0.05, 0.1) is 24.5 Å². The third-order valence-corrected chi connectivity index (χ3v) is 5.34. The van der Waals surface area contributed by atoms with Crippen molar-refractivity contribution in [3.05, 3.63) is 42.7 Å². The summed E-state index contributed by atoms with van der Waals surface area (Å²) in [4.78, 5) is 15.8. The number of ether oxygens (including phenoxy) is 1. The van der Waals surface area contributed by atoms with Crippen LogP contribution in [-0.2, 0) is 4.74 Å². The molecule has 0 aliphatic carbocycles. The molecule has 0 bridgehead atoms. The topological polar surface area (TPSA) is 75.9 Å². The number of hydrogen-bond acceptors (Lipinski definition) is 6. The number of carbonyl (C=O) groups is 1. The Kier molecular flexibility index (Phi) is 3.53. The van der Waals surface area contributed by atoms with E-state index < -0.39 is 5.60 Å². The summed E-state index contributed by atoms with van der Waals surface area (Å²) in [5.74, 6) is 0. The maximum Gasteiger partial charge on any atom is 0.410 e. The summed E-state index contributed by atoms with van der Waals surface area (Å²) in [6.45, 7) is 2.13. The Balaban J connectivity index is 1.56. The van der Waals surface area contributed by atoms with Gasteiger partial charge in [-0.25, -0.2) is 4.79 Å². The minimum absolute atomic E-state index is 0.246. The molecule has 2 aliphatic rings. The predicted molar refractivity (Wildman–Crippen MR) is 99.5 cm³/mol. The molecule has 138 valence electrons. The molecule has 5 rings (SSSR count). The summed E-state index contributed by atoms with van der Waals surface area (Å²) in [7, 11) is 1.78. The van der Waals surface area contributed by atoms with Crippen molar-refractivity contribution in [3.8, 4) is 11.3 Å². The molecule has 2 aliphatic heterocycles. The average Bonchev–Trinajstić information content (AvgIpc) is 3.26. The quantitative estimate of drug-likeness (QED) is 0.694. The highest BCUT2D eigenvalue weighted by atomic mass is 16.6. The van der Waals surface area contributed by atoms with E-state index in [0.717, 1.165) is 36.3 Å². The third kappa shape index (κ3) is 2.68. The number of rotatable bonds is 2. The van der Waals surface area contributed by atoms with Gasteiger partial charge in [-0.2, -0.15) is 9.61 Å². The molecule has 1 spiro atoms. The average molecular weight is 364 g/mol. The van der Waals surface area contributed by atoms with E-state index >= 15 is 0 Å². The van der Waals surface area contributed by atoms with Crippen LogP contribution in [0.25, 0.3) is 16.9 Å². The minimum Gasteiger partial charge on any atom is -0.439 e. The van der Waals surface area contributed by atoms with E-state index in [1.54, 1.807) is 22.8 Å². The highest BCUT2D eigenvalue weighted by Gasteiger charge is 2.46. The van der Waals surface area contributed by atoms with Crippen molar-refractivity contribution in [3.63, 3.8) is 0 Å². The van der Waals surface area contributed by atoms with Crippen LogP contribution in [0.2, 0.25) is 0 Å². The summed E-state index contributed by atoms with van der Waals surface area (Å²) < 4.78 is 7.46. The number of benzene rings is 1. The minimum atomic E-state index is -0.461. The number of hydrogen-bond donors (Lipinski definition) is 0. The molecular weight excluding hydrogens is 344 g/mol. The summed E-state index contributed by atoms with van der Waals surface area (Å²) in [5.41, 5.74) is 3.11. The smallest absolute Gasteiger partial charge is 0.410 e. The lowest BCUT2D eigenvalue weighted by atomic mass is 9.92. The molecule has 1 amide bonds. The Hall–Kier alpha value is -3.16. The molecule has 27 heavy (non-hydrogen) atoms. The predicted octanol–water partition coefficient (Wildman–Crippen LogP) is 2.21. The van der Waals surface area contributed by atoms with Crippen molar-refractivity contribution >= 4 is 17.4 Å². The van der Waals surface area contributed by atoms with E-state index in [1.165, 1.54) is 0 Å². The molecule has 8 heteroatoms. The second kappa shape index (κ2) is 5.94. The van der Waals surface area contributed by atoms with Gasteiger partial charge >= 0.3 is 6.09 Å². The second-order valence-electron chi connectivity index (χ2n) is 7.31. The molecule has 2 aromatic heterocycles. The monoisotopic (exact) mass is 364 g/mol. The number of fused-ring (bicyclic) bond motifs is 1. The van der Waals surface area contributed by atoms with E-state index in [4.69, 9.17) is 4.74 Å². The van der Waals surface area contributed by atoms with Crippen LogP contribution < -0.4 is 4.90 Å². The van der Waals surface area contributed by atoms with Gasteiger partial charge in [-0.15, -0.1) is 10.2 Å². The fourth-order valence-electron chi connectivity index (χ4n) is 4.10. The van der Waals surface area contributed by atoms with Crippen molar-refractivity contribution < 1.29 is 9.53 Å². The number of aromatic nitrogens is 4.